The van der Waals surface area contributed by atoms with Gasteiger partial charge in [-0.3, -0.25) is 9.69 Å². The SMILES string of the molecule is Cc1ccc([C@]2(C)NC(=O)N(Cc3nc(C)no3)C2=O)cc1. The van der Waals surface area contributed by atoms with Crippen molar-refractivity contribution >= 4 is 11.9 Å². The second kappa shape index (κ2) is 4.94. The second-order valence-electron chi connectivity index (χ2n) is 5.55. The predicted molar refractivity (Wildman–Crippen MR) is 76.6 cm³/mol. The van der Waals surface area contributed by atoms with Crippen LogP contribution in [0.15, 0.2) is 28.8 Å². The first kappa shape index (κ1) is 14.2. The van der Waals surface area contributed by atoms with Crippen LogP contribution in [0, 0.1) is 13.8 Å². The molecule has 0 saturated carbocycles. The average Bonchev–Trinajstić information content (AvgIpc) is 2.97. The Hall–Kier alpha value is -2.70. The van der Waals surface area contributed by atoms with Crippen LogP contribution in [0.4, 0.5) is 4.79 Å². The summed E-state index contributed by atoms with van der Waals surface area (Å²) in [5.74, 6) is 0.356. The molecule has 1 saturated heterocycles. The number of benzene rings is 1. The number of carbonyl (C=O) groups excluding carboxylic acids is 2. The van der Waals surface area contributed by atoms with Crippen molar-refractivity contribution in [2.75, 3.05) is 0 Å². The topological polar surface area (TPSA) is 88.3 Å². The number of hydrogen-bond donors (Lipinski definition) is 1. The van der Waals surface area contributed by atoms with Gasteiger partial charge < -0.3 is 9.84 Å². The molecular formula is C15H16N4O3. The molecule has 3 rings (SSSR count). The first-order chi connectivity index (χ1) is 10.4. The van der Waals surface area contributed by atoms with Gasteiger partial charge in [0.15, 0.2) is 5.82 Å². The Morgan fingerprint density at radius 2 is 1.91 bits per heavy atom. The second-order valence-corrected chi connectivity index (χ2v) is 5.55. The Labute approximate surface area is 127 Å². The van der Waals surface area contributed by atoms with Crippen molar-refractivity contribution in [1.82, 2.24) is 20.4 Å². The maximum atomic E-state index is 12.7. The van der Waals surface area contributed by atoms with Gasteiger partial charge in [-0.25, -0.2) is 4.79 Å². The summed E-state index contributed by atoms with van der Waals surface area (Å²) in [7, 11) is 0. The molecule has 7 nitrogen and oxygen atoms in total. The lowest BCUT2D eigenvalue weighted by molar-refractivity contribution is -0.131. The standard InChI is InChI=1S/C15H16N4O3/c1-9-4-6-11(7-5-9)15(3)13(20)19(14(21)17-15)8-12-16-10(2)18-22-12/h4-7H,8H2,1-3H3,(H,17,21)/t15-/m0/s1. The van der Waals surface area contributed by atoms with Gasteiger partial charge in [-0.05, 0) is 26.3 Å². The van der Waals surface area contributed by atoms with E-state index >= 15 is 0 Å². The van der Waals surface area contributed by atoms with Gasteiger partial charge in [-0.2, -0.15) is 4.98 Å². The molecule has 1 aromatic heterocycles. The van der Waals surface area contributed by atoms with Gasteiger partial charge in [-0.1, -0.05) is 35.0 Å². The molecule has 1 aliphatic rings. The number of imide groups is 1. The fraction of sp³-hybridized carbons (Fsp3) is 0.333. The molecule has 2 aromatic rings. The maximum absolute atomic E-state index is 12.7. The third-order valence-electron chi connectivity index (χ3n) is 3.77. The summed E-state index contributed by atoms with van der Waals surface area (Å²) in [4.78, 5) is 30.0. The van der Waals surface area contributed by atoms with Crippen molar-refractivity contribution < 1.29 is 14.1 Å². The van der Waals surface area contributed by atoms with Crippen LogP contribution in [0.2, 0.25) is 0 Å². The van der Waals surface area contributed by atoms with E-state index in [-0.39, 0.29) is 18.3 Å². The molecule has 0 unspecified atom stereocenters. The molecule has 7 heteroatoms. The van der Waals surface area contributed by atoms with E-state index in [0.29, 0.717) is 5.82 Å². The van der Waals surface area contributed by atoms with E-state index in [1.165, 1.54) is 0 Å². The number of nitrogens with one attached hydrogen (secondary N) is 1. The smallest absolute Gasteiger partial charge is 0.325 e. The van der Waals surface area contributed by atoms with Gasteiger partial charge >= 0.3 is 6.03 Å². The number of hydrogen-bond acceptors (Lipinski definition) is 5. The number of urea groups is 1. The normalized spacial score (nSPS) is 21.3. The van der Waals surface area contributed by atoms with Gasteiger partial charge in [0.2, 0.25) is 5.89 Å². The number of aromatic nitrogens is 2. The van der Waals surface area contributed by atoms with E-state index in [9.17, 15) is 9.59 Å². The summed E-state index contributed by atoms with van der Waals surface area (Å²) in [5, 5.41) is 6.40. The summed E-state index contributed by atoms with van der Waals surface area (Å²) in [6, 6.07) is 7.03. The fourth-order valence-corrected chi connectivity index (χ4v) is 2.46. The number of aryl methyl sites for hydroxylation is 2. The van der Waals surface area contributed by atoms with Crippen LogP contribution in [0.5, 0.6) is 0 Å². The zero-order valence-corrected chi connectivity index (χ0v) is 12.6. The summed E-state index contributed by atoms with van der Waals surface area (Å²) in [6.07, 6.45) is 0. The number of nitrogens with zero attached hydrogens (tertiary/aromatic N) is 3. The molecule has 0 bridgehead atoms. The first-order valence-electron chi connectivity index (χ1n) is 6.90. The zero-order chi connectivity index (χ0) is 15.9. The summed E-state index contributed by atoms with van der Waals surface area (Å²) < 4.78 is 4.98. The lowest BCUT2D eigenvalue weighted by Gasteiger charge is -2.22. The Kier molecular flexibility index (Phi) is 3.20. The summed E-state index contributed by atoms with van der Waals surface area (Å²) in [5.41, 5.74) is 0.739. The van der Waals surface area contributed by atoms with E-state index in [4.69, 9.17) is 4.52 Å². The van der Waals surface area contributed by atoms with E-state index in [1.54, 1.807) is 13.8 Å². The molecule has 114 valence electrons. The first-order valence-corrected chi connectivity index (χ1v) is 6.90. The fourth-order valence-electron chi connectivity index (χ4n) is 2.46. The largest absolute Gasteiger partial charge is 0.337 e. The van der Waals surface area contributed by atoms with Crippen molar-refractivity contribution in [3.63, 3.8) is 0 Å². The Bertz CT molecular complexity index is 738. The zero-order valence-electron chi connectivity index (χ0n) is 12.6. The average molecular weight is 300 g/mol. The van der Waals surface area contributed by atoms with Gasteiger partial charge in [0.05, 0.1) is 0 Å². The van der Waals surface area contributed by atoms with Crippen LogP contribution in [0.1, 0.15) is 29.8 Å². The highest BCUT2D eigenvalue weighted by Gasteiger charge is 2.49. The molecule has 2 heterocycles. The van der Waals surface area contributed by atoms with Crippen molar-refractivity contribution in [3.05, 3.63) is 47.1 Å². The Morgan fingerprint density at radius 3 is 2.50 bits per heavy atom. The molecule has 0 spiro atoms. The van der Waals surface area contributed by atoms with Crippen molar-refractivity contribution in [2.24, 2.45) is 0 Å². The molecular weight excluding hydrogens is 284 g/mol. The minimum atomic E-state index is -1.08. The molecule has 0 radical (unpaired) electrons. The lowest BCUT2D eigenvalue weighted by Crippen LogP contribution is -2.40. The van der Waals surface area contributed by atoms with Crippen LogP contribution in [-0.2, 0) is 16.9 Å². The molecule has 1 aliphatic heterocycles. The Balaban J connectivity index is 1.88. The molecule has 1 fully saturated rings. The van der Waals surface area contributed by atoms with Crippen LogP contribution in [0.25, 0.3) is 0 Å². The van der Waals surface area contributed by atoms with Gasteiger partial charge in [0, 0.05) is 0 Å². The van der Waals surface area contributed by atoms with Gasteiger partial charge in [0.1, 0.15) is 12.1 Å². The van der Waals surface area contributed by atoms with Crippen molar-refractivity contribution in [3.8, 4) is 0 Å². The highest BCUT2D eigenvalue weighted by molar-refractivity contribution is 6.07. The minimum Gasteiger partial charge on any atom is -0.337 e. The number of rotatable bonds is 3. The van der Waals surface area contributed by atoms with E-state index in [1.807, 2.05) is 31.2 Å². The van der Waals surface area contributed by atoms with E-state index in [0.717, 1.165) is 16.0 Å². The molecule has 22 heavy (non-hydrogen) atoms. The third-order valence-corrected chi connectivity index (χ3v) is 3.77. The van der Waals surface area contributed by atoms with E-state index in [2.05, 4.69) is 15.5 Å². The molecule has 1 aromatic carbocycles. The van der Waals surface area contributed by atoms with Crippen LogP contribution in [-0.4, -0.2) is 27.0 Å². The van der Waals surface area contributed by atoms with E-state index < -0.39 is 11.6 Å². The maximum Gasteiger partial charge on any atom is 0.325 e. The Morgan fingerprint density at radius 1 is 1.23 bits per heavy atom. The van der Waals surface area contributed by atoms with Crippen molar-refractivity contribution in [1.29, 1.82) is 0 Å². The summed E-state index contributed by atoms with van der Waals surface area (Å²) >= 11 is 0. The van der Waals surface area contributed by atoms with Crippen molar-refractivity contribution in [2.45, 2.75) is 32.9 Å². The highest BCUT2D eigenvalue weighted by Crippen LogP contribution is 2.29. The summed E-state index contributed by atoms with van der Waals surface area (Å²) in [6.45, 7) is 5.30. The molecule has 1 atom stereocenters. The van der Waals surface area contributed by atoms with Gasteiger partial charge in [-0.15, -0.1) is 0 Å². The third kappa shape index (κ3) is 2.24. The monoisotopic (exact) mass is 300 g/mol. The number of amides is 3. The highest BCUT2D eigenvalue weighted by atomic mass is 16.5. The van der Waals surface area contributed by atoms with Crippen LogP contribution < -0.4 is 5.32 Å². The van der Waals surface area contributed by atoms with Crippen LogP contribution >= 0.6 is 0 Å². The molecule has 0 aliphatic carbocycles. The van der Waals surface area contributed by atoms with Crippen LogP contribution in [0.3, 0.4) is 0 Å². The quantitative estimate of drug-likeness (QED) is 0.871. The van der Waals surface area contributed by atoms with Gasteiger partial charge in [0.25, 0.3) is 5.91 Å². The minimum absolute atomic E-state index is 0.0348. The predicted octanol–water partition coefficient (Wildman–Crippen LogP) is 1.65. The molecule has 3 amide bonds. The molecule has 1 N–H and O–H groups in total. The lowest BCUT2D eigenvalue weighted by atomic mass is 9.91. The number of carbonyl (C=O) groups is 2.